The lowest BCUT2D eigenvalue weighted by Gasteiger charge is -2.30. The molecule has 0 bridgehead atoms. The normalized spacial score (nSPS) is 12.8. The Bertz CT molecular complexity index is 3820. The van der Waals surface area contributed by atoms with Crippen molar-refractivity contribution >= 4 is 60.8 Å². The summed E-state index contributed by atoms with van der Waals surface area (Å²) in [5.41, 5.74) is 20.6. The summed E-state index contributed by atoms with van der Waals surface area (Å²) < 4.78 is 9.28. The lowest BCUT2D eigenvalue weighted by Crippen LogP contribution is -2.16. The molecule has 0 fully saturated rings. The third-order valence-electron chi connectivity index (χ3n) is 14.0. The number of hydrogen-bond acceptors (Lipinski definition) is 2. The van der Waals surface area contributed by atoms with Crippen LogP contribution < -0.4 is 4.90 Å². The Balaban J connectivity index is 1.02. The molecule has 0 saturated carbocycles. The van der Waals surface area contributed by atoms with Gasteiger partial charge in [-0.05, 0) is 111 Å². The van der Waals surface area contributed by atoms with Gasteiger partial charge in [0.05, 0.1) is 16.7 Å². The minimum absolute atomic E-state index is 0.138. The lowest BCUT2D eigenvalue weighted by atomic mass is 9.82. The Morgan fingerprint density at radius 3 is 1.77 bits per heavy atom. The summed E-state index contributed by atoms with van der Waals surface area (Å²) in [6, 6.07) is 83.8. The summed E-state index contributed by atoms with van der Waals surface area (Å²) in [5.74, 6) is 0. The molecule has 0 radical (unpaired) electrons. The van der Waals surface area contributed by atoms with E-state index < -0.39 is 0 Å². The zero-order valence-electron chi connectivity index (χ0n) is 36.7. The molecule has 0 N–H and O–H groups in total. The van der Waals surface area contributed by atoms with Crippen LogP contribution in [0, 0.1) is 0 Å². The number of para-hydroxylation sites is 3. The first kappa shape index (κ1) is 38.1. The molecule has 12 aromatic rings. The van der Waals surface area contributed by atoms with Gasteiger partial charge in [0.25, 0.3) is 0 Å². The zero-order chi connectivity index (χ0) is 43.9. The summed E-state index contributed by atoms with van der Waals surface area (Å²) >= 11 is 0. The number of nitrogens with zero attached hydrogens (tertiary/aromatic N) is 2. The van der Waals surface area contributed by atoms with Crippen molar-refractivity contribution in [1.29, 1.82) is 0 Å². The van der Waals surface area contributed by atoms with Gasteiger partial charge in [-0.25, -0.2) is 0 Å². The number of anilines is 3. The van der Waals surface area contributed by atoms with Crippen LogP contribution in [0.25, 0.3) is 93.9 Å². The van der Waals surface area contributed by atoms with E-state index >= 15 is 0 Å². The molecule has 312 valence electrons. The van der Waals surface area contributed by atoms with Crippen LogP contribution in [0.4, 0.5) is 17.1 Å². The van der Waals surface area contributed by atoms with Crippen LogP contribution in [0.3, 0.4) is 0 Å². The second kappa shape index (κ2) is 14.8. The van der Waals surface area contributed by atoms with E-state index in [0.717, 1.165) is 61.3 Å². The van der Waals surface area contributed by atoms with Crippen molar-refractivity contribution in [3.63, 3.8) is 0 Å². The monoisotopic (exact) mass is 844 g/mol. The fourth-order valence-electron chi connectivity index (χ4n) is 10.8. The van der Waals surface area contributed by atoms with Crippen LogP contribution in [0.1, 0.15) is 25.0 Å². The van der Waals surface area contributed by atoms with Gasteiger partial charge in [-0.3, -0.25) is 0 Å². The molecular formula is C63H44N2O. The maximum Gasteiger partial charge on any atom is 0.160 e. The zero-order valence-corrected chi connectivity index (χ0v) is 36.7. The first-order chi connectivity index (χ1) is 32.5. The molecule has 2 heterocycles. The maximum absolute atomic E-state index is 6.88. The maximum atomic E-state index is 6.88. The first-order valence-electron chi connectivity index (χ1n) is 22.8. The molecule has 2 aromatic heterocycles. The number of rotatable bonds is 7. The molecule has 0 atom stereocenters. The van der Waals surface area contributed by atoms with Crippen molar-refractivity contribution in [3.8, 4) is 50.2 Å². The lowest BCUT2D eigenvalue weighted by molar-refractivity contribution is 0.660. The second-order valence-corrected chi connectivity index (χ2v) is 18.1. The van der Waals surface area contributed by atoms with Crippen LogP contribution >= 0.6 is 0 Å². The standard InChI is InChI=1S/C63H44N2O/c1-63(2)55-25-13-9-22-49(55)50-38-37-47(39-56(50)63)64(57-26-14-10-21-48(57)43-19-7-4-8-20-43)45-35-31-44(32-36-45)53-40-54-51-23-12-16-28-59(51)66-62(54)61-60(53)52-24-11-15-27-58(52)65(61)46-33-29-42(30-34-46)41-17-5-3-6-18-41/h3-40H,1-2H3. The smallest absolute Gasteiger partial charge is 0.160 e. The fraction of sp³-hybridized carbons (Fsp3) is 0.0476. The van der Waals surface area contributed by atoms with Crippen molar-refractivity contribution in [1.82, 2.24) is 4.57 Å². The van der Waals surface area contributed by atoms with Crippen molar-refractivity contribution in [2.75, 3.05) is 4.90 Å². The van der Waals surface area contributed by atoms with E-state index in [4.69, 9.17) is 4.42 Å². The molecule has 66 heavy (non-hydrogen) atoms. The molecular weight excluding hydrogens is 801 g/mol. The average molecular weight is 845 g/mol. The van der Waals surface area contributed by atoms with E-state index in [0.29, 0.717) is 0 Å². The van der Waals surface area contributed by atoms with E-state index in [-0.39, 0.29) is 5.41 Å². The third-order valence-corrected chi connectivity index (χ3v) is 14.0. The van der Waals surface area contributed by atoms with E-state index in [2.05, 4.69) is 254 Å². The Hall–Kier alpha value is -8.40. The van der Waals surface area contributed by atoms with Crippen molar-refractivity contribution in [2.24, 2.45) is 0 Å². The average Bonchev–Trinajstić information content (AvgIpc) is 4.00. The minimum atomic E-state index is -0.138. The van der Waals surface area contributed by atoms with Crippen molar-refractivity contribution in [2.45, 2.75) is 19.3 Å². The van der Waals surface area contributed by atoms with Crippen LogP contribution in [-0.2, 0) is 5.41 Å². The summed E-state index contributed by atoms with van der Waals surface area (Å²) in [7, 11) is 0. The number of hydrogen-bond donors (Lipinski definition) is 0. The van der Waals surface area contributed by atoms with Gasteiger partial charge in [0.1, 0.15) is 5.58 Å². The summed E-state index contributed by atoms with van der Waals surface area (Å²) in [6.07, 6.45) is 0. The van der Waals surface area contributed by atoms with Crippen molar-refractivity contribution < 1.29 is 4.42 Å². The summed E-state index contributed by atoms with van der Waals surface area (Å²) in [6.45, 7) is 4.71. The van der Waals surface area contributed by atoms with Crippen LogP contribution in [0.5, 0.6) is 0 Å². The fourth-order valence-corrected chi connectivity index (χ4v) is 10.8. The Morgan fingerprint density at radius 2 is 0.985 bits per heavy atom. The number of furan rings is 1. The quantitative estimate of drug-likeness (QED) is 0.159. The van der Waals surface area contributed by atoms with Gasteiger partial charge in [0.15, 0.2) is 5.58 Å². The number of fused-ring (bicyclic) bond motifs is 10. The van der Waals surface area contributed by atoms with E-state index in [9.17, 15) is 0 Å². The van der Waals surface area contributed by atoms with Gasteiger partial charge in [0, 0.05) is 49.6 Å². The van der Waals surface area contributed by atoms with Crippen LogP contribution in [0.2, 0.25) is 0 Å². The van der Waals surface area contributed by atoms with Gasteiger partial charge >= 0.3 is 0 Å². The van der Waals surface area contributed by atoms with Crippen LogP contribution in [-0.4, -0.2) is 4.57 Å². The highest BCUT2D eigenvalue weighted by atomic mass is 16.3. The molecule has 1 aliphatic rings. The topological polar surface area (TPSA) is 21.3 Å². The highest BCUT2D eigenvalue weighted by Crippen LogP contribution is 2.52. The molecule has 0 saturated heterocycles. The SMILES string of the molecule is CC1(C)c2ccccc2-c2ccc(N(c3ccc(-c4cc5c6ccccc6oc5c5c4c4ccccc4n5-c4ccc(-c5ccccc5)cc4)cc3)c3ccccc3-c3ccccc3)cc21. The third kappa shape index (κ3) is 5.83. The molecule has 1 aliphatic carbocycles. The molecule has 3 heteroatoms. The molecule has 0 aliphatic heterocycles. The highest BCUT2D eigenvalue weighted by Gasteiger charge is 2.36. The van der Waals surface area contributed by atoms with Crippen molar-refractivity contribution in [3.05, 3.63) is 242 Å². The van der Waals surface area contributed by atoms with Crippen LogP contribution in [0.15, 0.2) is 235 Å². The molecule has 13 rings (SSSR count). The van der Waals surface area contributed by atoms with E-state index in [1.807, 2.05) is 0 Å². The summed E-state index contributed by atoms with van der Waals surface area (Å²) in [4.78, 5) is 2.44. The second-order valence-electron chi connectivity index (χ2n) is 18.1. The molecule has 3 nitrogen and oxygen atoms in total. The van der Waals surface area contributed by atoms with Gasteiger partial charge in [-0.1, -0.05) is 184 Å². The first-order valence-corrected chi connectivity index (χ1v) is 22.8. The van der Waals surface area contributed by atoms with Gasteiger partial charge < -0.3 is 13.9 Å². The Labute approximate surface area is 384 Å². The van der Waals surface area contributed by atoms with Gasteiger partial charge in [-0.2, -0.15) is 0 Å². The van der Waals surface area contributed by atoms with E-state index in [1.165, 1.54) is 60.8 Å². The number of aromatic nitrogens is 1. The Morgan fingerprint density at radius 1 is 0.409 bits per heavy atom. The molecule has 0 unspecified atom stereocenters. The molecule has 0 spiro atoms. The van der Waals surface area contributed by atoms with Gasteiger partial charge in [0.2, 0.25) is 0 Å². The highest BCUT2D eigenvalue weighted by molar-refractivity contribution is 6.26. The minimum Gasteiger partial charge on any atom is -0.454 e. The van der Waals surface area contributed by atoms with E-state index in [1.54, 1.807) is 0 Å². The molecule has 10 aromatic carbocycles. The number of benzene rings is 10. The summed E-state index contributed by atoms with van der Waals surface area (Å²) in [5, 5.41) is 4.56. The molecule has 0 amide bonds. The van der Waals surface area contributed by atoms with Gasteiger partial charge in [-0.15, -0.1) is 0 Å². The largest absolute Gasteiger partial charge is 0.454 e. The predicted molar refractivity (Wildman–Crippen MR) is 277 cm³/mol. The predicted octanol–water partition coefficient (Wildman–Crippen LogP) is 17.5. The Kier molecular flexibility index (Phi) is 8.56.